The van der Waals surface area contributed by atoms with Crippen LogP contribution in [0, 0.1) is 0 Å². The van der Waals surface area contributed by atoms with Crippen molar-refractivity contribution in [2.24, 2.45) is 5.10 Å². The Kier molecular flexibility index (Phi) is 5.91. The molecule has 1 aromatic rings. The third-order valence-electron chi connectivity index (χ3n) is 3.62. The quantitative estimate of drug-likeness (QED) is 0.296. The zero-order chi connectivity index (χ0) is 16.0. The van der Waals surface area contributed by atoms with Crippen molar-refractivity contribution in [3.8, 4) is 0 Å². The minimum absolute atomic E-state index is 0.489. The first kappa shape index (κ1) is 16.9. The van der Waals surface area contributed by atoms with Crippen LogP contribution in [0.5, 0.6) is 0 Å². The smallest absolute Gasteiger partial charge is 0.195 e. The Labute approximate surface area is 139 Å². The van der Waals surface area contributed by atoms with Crippen LogP contribution in [0.25, 0.3) is 0 Å². The highest BCUT2D eigenvalue weighted by atomic mass is 32.1. The number of benzene rings is 1. The number of quaternary nitrogens is 1. The molecule has 1 fully saturated rings. The van der Waals surface area contributed by atoms with E-state index in [1.165, 1.54) is 32.1 Å². The van der Waals surface area contributed by atoms with E-state index in [1.807, 2.05) is 51.5 Å². The van der Waals surface area contributed by atoms with Gasteiger partial charge in [0.2, 0.25) is 0 Å². The van der Waals surface area contributed by atoms with Crippen molar-refractivity contribution < 1.29 is 4.59 Å². The monoisotopic (exact) mass is 319 g/mol. The van der Waals surface area contributed by atoms with Gasteiger partial charge in [0, 0.05) is 11.6 Å². The van der Waals surface area contributed by atoms with Gasteiger partial charge in [-0.3, -0.25) is 0 Å². The Hall–Kier alpha value is -1.46. The van der Waals surface area contributed by atoms with E-state index in [1.54, 1.807) is 0 Å². The highest BCUT2D eigenvalue weighted by Crippen LogP contribution is 2.17. The Bertz CT molecular complexity index is 513. The van der Waals surface area contributed by atoms with Crippen molar-refractivity contribution >= 4 is 23.2 Å². The fourth-order valence-electron chi connectivity index (χ4n) is 2.63. The molecule has 0 unspecified atom stereocenters. The molecular weight excluding hydrogens is 292 g/mol. The molecule has 0 radical (unpaired) electrons. The van der Waals surface area contributed by atoms with Gasteiger partial charge in [0.15, 0.2) is 10.9 Å². The van der Waals surface area contributed by atoms with Gasteiger partial charge >= 0.3 is 0 Å². The van der Waals surface area contributed by atoms with Crippen molar-refractivity contribution in [1.82, 2.24) is 10.6 Å². The van der Waals surface area contributed by atoms with Crippen LogP contribution in [0.3, 0.4) is 0 Å². The van der Waals surface area contributed by atoms with Crippen molar-refractivity contribution in [2.45, 2.75) is 38.1 Å². The maximum absolute atomic E-state index is 5.49. The van der Waals surface area contributed by atoms with Crippen molar-refractivity contribution in [3.05, 3.63) is 35.9 Å². The SMILES string of the molecule is C[N+](C)(C)/N=C(\NC(=S)NC1CCCCC1)c1ccccc1. The van der Waals surface area contributed by atoms with Crippen LogP contribution < -0.4 is 10.6 Å². The van der Waals surface area contributed by atoms with Crippen LogP contribution in [0.15, 0.2) is 35.4 Å². The Morgan fingerprint density at radius 3 is 2.32 bits per heavy atom. The van der Waals surface area contributed by atoms with Crippen LogP contribution in [0.4, 0.5) is 0 Å². The number of nitrogens with one attached hydrogen (secondary N) is 2. The van der Waals surface area contributed by atoms with Crippen molar-refractivity contribution in [2.75, 3.05) is 21.1 Å². The molecule has 1 aliphatic rings. The minimum atomic E-state index is 0.489. The maximum atomic E-state index is 5.49. The molecule has 0 atom stereocenters. The molecule has 1 saturated carbocycles. The zero-order valence-corrected chi connectivity index (χ0v) is 14.6. The van der Waals surface area contributed by atoms with E-state index >= 15 is 0 Å². The van der Waals surface area contributed by atoms with Crippen LogP contribution in [0.1, 0.15) is 37.7 Å². The summed E-state index contributed by atoms with van der Waals surface area (Å²) >= 11 is 5.49. The third-order valence-corrected chi connectivity index (χ3v) is 3.84. The molecule has 2 rings (SSSR count). The summed E-state index contributed by atoms with van der Waals surface area (Å²) < 4.78 is 0.489. The summed E-state index contributed by atoms with van der Waals surface area (Å²) in [6, 6.07) is 10.6. The molecule has 2 N–H and O–H groups in total. The molecule has 4 nitrogen and oxygen atoms in total. The molecular formula is C17H27N4S+. The largest absolute Gasteiger partial charge is 0.360 e. The molecule has 5 heteroatoms. The van der Waals surface area contributed by atoms with E-state index in [-0.39, 0.29) is 0 Å². The third kappa shape index (κ3) is 5.73. The van der Waals surface area contributed by atoms with Crippen LogP contribution in [-0.4, -0.2) is 42.7 Å². The van der Waals surface area contributed by atoms with Gasteiger partial charge in [-0.25, -0.2) is 4.59 Å². The lowest BCUT2D eigenvalue weighted by Crippen LogP contribution is -2.46. The lowest BCUT2D eigenvalue weighted by Gasteiger charge is -2.25. The van der Waals surface area contributed by atoms with E-state index in [0.29, 0.717) is 15.7 Å². The predicted molar refractivity (Wildman–Crippen MR) is 96.8 cm³/mol. The van der Waals surface area contributed by atoms with E-state index < -0.39 is 0 Å². The molecule has 1 aliphatic carbocycles. The normalized spacial score (nSPS) is 17.1. The first-order chi connectivity index (χ1) is 10.4. The van der Waals surface area contributed by atoms with Crippen molar-refractivity contribution in [1.29, 1.82) is 0 Å². The van der Waals surface area contributed by atoms with Gasteiger partial charge in [0.05, 0.1) is 21.1 Å². The van der Waals surface area contributed by atoms with E-state index in [2.05, 4.69) is 10.6 Å². The van der Waals surface area contributed by atoms with Crippen molar-refractivity contribution in [3.63, 3.8) is 0 Å². The highest BCUT2D eigenvalue weighted by molar-refractivity contribution is 7.80. The average Bonchev–Trinajstić information content (AvgIpc) is 2.47. The molecule has 0 saturated heterocycles. The molecule has 0 bridgehead atoms. The van der Waals surface area contributed by atoms with Crippen LogP contribution in [-0.2, 0) is 0 Å². The predicted octanol–water partition coefficient (Wildman–Crippen LogP) is 2.85. The number of nitrogens with zero attached hydrogens (tertiary/aromatic N) is 2. The minimum Gasteiger partial charge on any atom is -0.360 e. The molecule has 120 valence electrons. The molecule has 1 aromatic carbocycles. The number of thiocarbonyl (C=S) groups is 1. The number of rotatable bonds is 3. The number of hydrogen-bond donors (Lipinski definition) is 2. The van der Waals surface area contributed by atoms with Crippen LogP contribution in [0.2, 0.25) is 0 Å². The van der Waals surface area contributed by atoms with Gasteiger partial charge in [-0.15, -0.1) is 0 Å². The Morgan fingerprint density at radius 1 is 1.09 bits per heavy atom. The van der Waals surface area contributed by atoms with Gasteiger partial charge in [-0.2, -0.15) is 0 Å². The number of hydrogen-bond acceptors (Lipinski definition) is 2. The van der Waals surface area contributed by atoms with Gasteiger partial charge < -0.3 is 10.6 Å². The lowest BCUT2D eigenvalue weighted by atomic mass is 9.96. The van der Waals surface area contributed by atoms with Gasteiger partial charge in [0.1, 0.15) is 0 Å². The lowest BCUT2D eigenvalue weighted by molar-refractivity contribution is -0.877. The second kappa shape index (κ2) is 7.70. The van der Waals surface area contributed by atoms with E-state index in [9.17, 15) is 0 Å². The molecule has 0 aliphatic heterocycles. The Balaban J connectivity index is 2.06. The summed E-state index contributed by atoms with van der Waals surface area (Å²) in [6.45, 7) is 0. The molecule has 0 spiro atoms. The fourth-order valence-corrected chi connectivity index (χ4v) is 2.89. The van der Waals surface area contributed by atoms with Gasteiger partial charge in [-0.1, -0.05) is 54.7 Å². The topological polar surface area (TPSA) is 36.4 Å². The second-order valence-corrected chi connectivity index (χ2v) is 7.10. The summed E-state index contributed by atoms with van der Waals surface area (Å²) in [5, 5.41) is 12.1. The number of amidine groups is 1. The summed E-state index contributed by atoms with van der Waals surface area (Å²) in [5.41, 5.74) is 1.04. The highest BCUT2D eigenvalue weighted by Gasteiger charge is 2.17. The average molecular weight is 319 g/mol. The van der Waals surface area contributed by atoms with Gasteiger partial charge in [-0.05, 0) is 25.1 Å². The molecule has 0 amide bonds. The molecule has 0 heterocycles. The zero-order valence-electron chi connectivity index (χ0n) is 13.8. The standard InChI is InChI=1S/C17H26N4S/c1-21(2,3)20-16(14-10-6-4-7-11-14)19-17(22)18-15-12-8-5-9-13-15/h4,6-7,10-11,15H,5,8-9,12-13H2,1-3H3,(H-,18,19,20,22)/p+1. The summed E-state index contributed by atoms with van der Waals surface area (Å²) in [7, 11) is 6.09. The first-order valence-corrected chi connectivity index (χ1v) is 8.39. The second-order valence-electron chi connectivity index (χ2n) is 6.69. The summed E-state index contributed by atoms with van der Waals surface area (Å²) in [6.07, 6.45) is 6.33. The molecule has 22 heavy (non-hydrogen) atoms. The summed E-state index contributed by atoms with van der Waals surface area (Å²) in [5.74, 6) is 0.807. The maximum Gasteiger partial charge on any atom is 0.195 e. The van der Waals surface area contributed by atoms with Gasteiger partial charge in [0.25, 0.3) is 0 Å². The summed E-state index contributed by atoms with van der Waals surface area (Å²) in [4.78, 5) is 0. The van der Waals surface area contributed by atoms with E-state index in [0.717, 1.165) is 11.4 Å². The fraction of sp³-hybridized carbons (Fsp3) is 0.529. The molecule has 0 aromatic heterocycles. The van der Waals surface area contributed by atoms with Crippen LogP contribution >= 0.6 is 12.2 Å². The Morgan fingerprint density at radius 2 is 1.73 bits per heavy atom. The van der Waals surface area contributed by atoms with E-state index in [4.69, 9.17) is 17.3 Å². The first-order valence-electron chi connectivity index (χ1n) is 7.99.